The molecule has 0 saturated carbocycles. The fourth-order valence-corrected chi connectivity index (χ4v) is 2.47. The summed E-state index contributed by atoms with van der Waals surface area (Å²) in [6.07, 6.45) is 0.633. The van der Waals surface area contributed by atoms with Crippen molar-refractivity contribution < 1.29 is 28.6 Å². The summed E-state index contributed by atoms with van der Waals surface area (Å²) in [5.74, 6) is -0.365. The molecular formula is C16H19NO6. The predicted octanol–water partition coefficient (Wildman–Crippen LogP) is 1.57. The van der Waals surface area contributed by atoms with Crippen molar-refractivity contribution >= 4 is 23.9 Å². The van der Waals surface area contributed by atoms with Crippen LogP contribution in [0.15, 0.2) is 12.1 Å². The number of rotatable bonds is 4. The highest BCUT2D eigenvalue weighted by Crippen LogP contribution is 2.45. The third-order valence-electron chi connectivity index (χ3n) is 3.69. The van der Waals surface area contributed by atoms with E-state index in [0.29, 0.717) is 29.0 Å². The topological polar surface area (TPSA) is 82.1 Å². The number of amides is 1. The largest absolute Gasteiger partial charge is 0.493 e. The molecule has 1 aromatic rings. The number of carbonyl (C=O) groups is 3. The Morgan fingerprint density at radius 2 is 2.00 bits per heavy atom. The van der Waals surface area contributed by atoms with Crippen molar-refractivity contribution in [2.45, 2.75) is 32.4 Å². The Labute approximate surface area is 134 Å². The number of anilines is 1. The lowest BCUT2D eigenvalue weighted by atomic mass is 10.0. The zero-order valence-electron chi connectivity index (χ0n) is 13.7. The SMILES string of the molecule is COC(=O)C(C)N1C(=O)C(C)(C)Oc2c(OC)cc(C=O)cc21. The van der Waals surface area contributed by atoms with Crippen LogP contribution in [-0.4, -0.2) is 44.0 Å². The average Bonchev–Trinajstić information content (AvgIpc) is 2.53. The molecule has 1 atom stereocenters. The van der Waals surface area contributed by atoms with Gasteiger partial charge in [0.1, 0.15) is 12.3 Å². The van der Waals surface area contributed by atoms with Crippen molar-refractivity contribution in [2.24, 2.45) is 0 Å². The van der Waals surface area contributed by atoms with Crippen LogP contribution in [0.1, 0.15) is 31.1 Å². The maximum Gasteiger partial charge on any atom is 0.328 e. The van der Waals surface area contributed by atoms with Gasteiger partial charge in [-0.3, -0.25) is 14.5 Å². The third-order valence-corrected chi connectivity index (χ3v) is 3.69. The molecular weight excluding hydrogens is 302 g/mol. The van der Waals surface area contributed by atoms with Gasteiger partial charge in [0.2, 0.25) is 0 Å². The molecule has 0 N–H and O–H groups in total. The zero-order chi connectivity index (χ0) is 17.4. The summed E-state index contributed by atoms with van der Waals surface area (Å²) in [5, 5.41) is 0. The number of carbonyl (C=O) groups excluding carboxylic acids is 3. The minimum atomic E-state index is -1.19. The second-order valence-electron chi connectivity index (χ2n) is 5.68. The Hall–Kier alpha value is -2.57. The average molecular weight is 321 g/mol. The number of fused-ring (bicyclic) bond motifs is 1. The molecule has 7 nitrogen and oxygen atoms in total. The van der Waals surface area contributed by atoms with Gasteiger partial charge in [-0.05, 0) is 32.9 Å². The first-order chi connectivity index (χ1) is 10.8. The second kappa shape index (κ2) is 5.91. The lowest BCUT2D eigenvalue weighted by Crippen LogP contribution is -2.57. The van der Waals surface area contributed by atoms with Gasteiger partial charge in [-0.2, -0.15) is 0 Å². The Morgan fingerprint density at radius 3 is 2.52 bits per heavy atom. The van der Waals surface area contributed by atoms with Crippen molar-refractivity contribution in [3.63, 3.8) is 0 Å². The summed E-state index contributed by atoms with van der Waals surface area (Å²) >= 11 is 0. The molecule has 1 aliphatic heterocycles. The minimum absolute atomic E-state index is 0.300. The van der Waals surface area contributed by atoms with Crippen LogP contribution in [0.4, 0.5) is 5.69 Å². The van der Waals surface area contributed by atoms with E-state index < -0.39 is 23.5 Å². The van der Waals surface area contributed by atoms with E-state index in [9.17, 15) is 14.4 Å². The fraction of sp³-hybridized carbons (Fsp3) is 0.438. The molecule has 23 heavy (non-hydrogen) atoms. The molecule has 1 aromatic carbocycles. The molecule has 0 radical (unpaired) electrons. The Kier molecular flexibility index (Phi) is 4.31. The first kappa shape index (κ1) is 16.8. The molecule has 0 fully saturated rings. The molecule has 0 spiro atoms. The van der Waals surface area contributed by atoms with Gasteiger partial charge in [-0.1, -0.05) is 0 Å². The molecule has 124 valence electrons. The molecule has 2 rings (SSSR count). The minimum Gasteiger partial charge on any atom is -0.493 e. The molecule has 1 amide bonds. The van der Waals surface area contributed by atoms with E-state index in [2.05, 4.69) is 0 Å². The Morgan fingerprint density at radius 1 is 1.35 bits per heavy atom. The fourth-order valence-electron chi connectivity index (χ4n) is 2.47. The van der Waals surface area contributed by atoms with E-state index in [-0.39, 0.29) is 0 Å². The van der Waals surface area contributed by atoms with Gasteiger partial charge in [0, 0.05) is 5.56 Å². The van der Waals surface area contributed by atoms with Crippen molar-refractivity contribution in [3.8, 4) is 11.5 Å². The van der Waals surface area contributed by atoms with Crippen molar-refractivity contribution in [2.75, 3.05) is 19.1 Å². The number of benzene rings is 1. The van der Waals surface area contributed by atoms with Crippen LogP contribution in [0.25, 0.3) is 0 Å². The highest BCUT2D eigenvalue weighted by atomic mass is 16.5. The van der Waals surface area contributed by atoms with Crippen molar-refractivity contribution in [3.05, 3.63) is 17.7 Å². The summed E-state index contributed by atoms with van der Waals surface area (Å²) < 4.78 is 15.8. The van der Waals surface area contributed by atoms with Gasteiger partial charge in [0.05, 0.1) is 19.9 Å². The van der Waals surface area contributed by atoms with Crippen LogP contribution in [0.3, 0.4) is 0 Å². The monoisotopic (exact) mass is 321 g/mol. The summed E-state index contributed by atoms with van der Waals surface area (Å²) in [4.78, 5) is 37.1. The van der Waals surface area contributed by atoms with E-state index in [0.717, 1.165) is 0 Å². The maximum atomic E-state index is 12.7. The molecule has 1 aliphatic rings. The summed E-state index contributed by atoms with van der Waals surface area (Å²) in [6.45, 7) is 4.75. The van der Waals surface area contributed by atoms with Gasteiger partial charge in [-0.25, -0.2) is 4.79 Å². The number of methoxy groups -OCH3 is 2. The first-order valence-electron chi connectivity index (χ1n) is 7.04. The van der Waals surface area contributed by atoms with Gasteiger partial charge >= 0.3 is 5.97 Å². The number of hydrogen-bond donors (Lipinski definition) is 0. The summed E-state index contributed by atoms with van der Waals surface area (Å²) in [6, 6.07) is 2.12. The quantitative estimate of drug-likeness (QED) is 0.618. The summed E-state index contributed by atoms with van der Waals surface area (Å²) in [7, 11) is 2.68. The number of aldehydes is 1. The number of hydrogen-bond acceptors (Lipinski definition) is 6. The van der Waals surface area contributed by atoms with Gasteiger partial charge in [0.25, 0.3) is 5.91 Å². The molecule has 0 aliphatic carbocycles. The first-order valence-corrected chi connectivity index (χ1v) is 7.04. The Balaban J connectivity index is 2.70. The molecule has 1 unspecified atom stereocenters. The number of nitrogens with zero attached hydrogens (tertiary/aromatic N) is 1. The number of ether oxygens (including phenoxy) is 3. The maximum absolute atomic E-state index is 12.7. The van der Waals surface area contributed by atoms with Crippen LogP contribution in [0, 0.1) is 0 Å². The second-order valence-corrected chi connectivity index (χ2v) is 5.68. The van der Waals surface area contributed by atoms with E-state index in [1.165, 1.54) is 31.3 Å². The smallest absolute Gasteiger partial charge is 0.328 e. The normalized spacial score (nSPS) is 16.9. The predicted molar refractivity (Wildman–Crippen MR) is 82.1 cm³/mol. The Bertz CT molecular complexity index is 667. The van der Waals surface area contributed by atoms with Crippen LogP contribution in [0.5, 0.6) is 11.5 Å². The van der Waals surface area contributed by atoms with Gasteiger partial charge < -0.3 is 14.2 Å². The van der Waals surface area contributed by atoms with Crippen LogP contribution in [0.2, 0.25) is 0 Å². The zero-order valence-corrected chi connectivity index (χ0v) is 13.7. The van der Waals surface area contributed by atoms with E-state index in [1.807, 2.05) is 0 Å². The summed E-state index contributed by atoms with van der Waals surface area (Å²) in [5.41, 5.74) is -0.585. The van der Waals surface area contributed by atoms with E-state index in [1.54, 1.807) is 20.8 Å². The van der Waals surface area contributed by atoms with Crippen molar-refractivity contribution in [1.29, 1.82) is 0 Å². The highest BCUT2D eigenvalue weighted by molar-refractivity contribution is 6.07. The number of esters is 1. The molecule has 0 saturated heterocycles. The molecule has 0 bridgehead atoms. The lowest BCUT2D eigenvalue weighted by Gasteiger charge is -2.41. The van der Waals surface area contributed by atoms with Gasteiger partial charge in [-0.15, -0.1) is 0 Å². The van der Waals surface area contributed by atoms with E-state index >= 15 is 0 Å². The molecule has 7 heteroatoms. The van der Waals surface area contributed by atoms with Crippen LogP contribution in [-0.2, 0) is 14.3 Å². The standard InChI is InChI=1S/C16H19NO6/c1-9(14(19)22-5)17-11-6-10(8-18)7-12(21-4)13(11)23-16(2,3)15(17)20/h6-9H,1-5H3. The van der Waals surface area contributed by atoms with Crippen molar-refractivity contribution in [1.82, 2.24) is 0 Å². The van der Waals surface area contributed by atoms with Crippen LogP contribution < -0.4 is 14.4 Å². The molecule has 0 aromatic heterocycles. The third kappa shape index (κ3) is 2.74. The lowest BCUT2D eigenvalue weighted by molar-refractivity contribution is -0.145. The van der Waals surface area contributed by atoms with Crippen LogP contribution >= 0.6 is 0 Å². The highest BCUT2D eigenvalue weighted by Gasteiger charge is 2.46. The van der Waals surface area contributed by atoms with E-state index in [4.69, 9.17) is 14.2 Å². The van der Waals surface area contributed by atoms with Gasteiger partial charge in [0.15, 0.2) is 17.1 Å². The molecule has 1 heterocycles.